The van der Waals surface area contributed by atoms with Gasteiger partial charge >= 0.3 is 0 Å². The van der Waals surface area contributed by atoms with Crippen molar-refractivity contribution < 1.29 is 5.11 Å². The van der Waals surface area contributed by atoms with Crippen LogP contribution in [0.4, 0.5) is 5.69 Å². The highest BCUT2D eigenvalue weighted by molar-refractivity contribution is 6.30. The smallest absolute Gasteiger partial charge is 0.0839 e. The zero-order valence-corrected chi connectivity index (χ0v) is 12.0. The van der Waals surface area contributed by atoms with Gasteiger partial charge in [0.2, 0.25) is 0 Å². The van der Waals surface area contributed by atoms with Crippen LogP contribution in [0.15, 0.2) is 18.2 Å². The quantitative estimate of drug-likeness (QED) is 0.820. The zero-order valence-electron chi connectivity index (χ0n) is 11.2. The van der Waals surface area contributed by atoms with Gasteiger partial charge in [-0.15, -0.1) is 0 Å². The molecule has 1 aliphatic rings. The third-order valence-electron chi connectivity index (χ3n) is 3.33. The van der Waals surface area contributed by atoms with Gasteiger partial charge in [-0.1, -0.05) is 11.6 Å². The number of anilines is 1. The van der Waals surface area contributed by atoms with Crippen molar-refractivity contribution in [3.63, 3.8) is 0 Å². The molecule has 0 spiro atoms. The van der Waals surface area contributed by atoms with Crippen LogP contribution in [0.2, 0.25) is 5.02 Å². The maximum Gasteiger partial charge on any atom is 0.0839 e. The van der Waals surface area contributed by atoms with Crippen LogP contribution in [0, 0.1) is 6.92 Å². The van der Waals surface area contributed by atoms with Crippen molar-refractivity contribution >= 4 is 17.3 Å². The second-order valence-corrected chi connectivity index (χ2v) is 6.17. The molecule has 1 aromatic rings. The van der Waals surface area contributed by atoms with E-state index >= 15 is 0 Å². The van der Waals surface area contributed by atoms with Gasteiger partial charge in [-0.25, -0.2) is 0 Å². The number of hydrogen-bond donors (Lipinski definition) is 2. The van der Waals surface area contributed by atoms with Crippen molar-refractivity contribution in [1.29, 1.82) is 0 Å². The highest BCUT2D eigenvalue weighted by Gasteiger charge is 2.28. The summed E-state index contributed by atoms with van der Waals surface area (Å²) in [6.45, 7) is 8.52. The molecule has 0 aromatic heterocycles. The first kappa shape index (κ1) is 13.7. The third-order valence-corrected chi connectivity index (χ3v) is 3.57. The van der Waals surface area contributed by atoms with E-state index in [1.807, 2.05) is 18.2 Å². The number of halogens is 1. The maximum absolute atomic E-state index is 9.97. The SMILES string of the molecule is Cc1cc(Cl)ccc1N1CC(O)CNC(C)(C)C1. The number of aryl methyl sites for hydroxylation is 1. The minimum Gasteiger partial charge on any atom is -0.390 e. The summed E-state index contributed by atoms with van der Waals surface area (Å²) in [6.07, 6.45) is -0.346. The Bertz CT molecular complexity index is 434. The molecule has 0 aliphatic carbocycles. The van der Waals surface area contributed by atoms with E-state index in [4.69, 9.17) is 11.6 Å². The van der Waals surface area contributed by atoms with Crippen molar-refractivity contribution in [3.8, 4) is 0 Å². The van der Waals surface area contributed by atoms with E-state index in [0.717, 1.165) is 22.8 Å². The summed E-state index contributed by atoms with van der Waals surface area (Å²) in [5.41, 5.74) is 2.28. The molecule has 1 saturated heterocycles. The number of rotatable bonds is 1. The molecule has 1 aliphatic heterocycles. The normalized spacial score (nSPS) is 23.8. The summed E-state index contributed by atoms with van der Waals surface area (Å²) in [6, 6.07) is 5.90. The van der Waals surface area contributed by atoms with E-state index in [1.54, 1.807) is 0 Å². The lowest BCUT2D eigenvalue weighted by atomic mass is 10.0. The molecule has 0 bridgehead atoms. The molecule has 100 valence electrons. The Labute approximate surface area is 114 Å². The number of benzene rings is 1. The van der Waals surface area contributed by atoms with Crippen LogP contribution >= 0.6 is 11.6 Å². The molecule has 0 saturated carbocycles. The molecule has 4 heteroatoms. The van der Waals surface area contributed by atoms with Gasteiger partial charge in [0.15, 0.2) is 0 Å². The number of aliphatic hydroxyl groups excluding tert-OH is 1. The summed E-state index contributed by atoms with van der Waals surface area (Å²) in [7, 11) is 0. The first-order valence-electron chi connectivity index (χ1n) is 6.31. The van der Waals surface area contributed by atoms with E-state index in [1.165, 1.54) is 0 Å². The topological polar surface area (TPSA) is 35.5 Å². The molecule has 1 atom stereocenters. The molecule has 2 rings (SSSR count). The van der Waals surface area contributed by atoms with Gasteiger partial charge < -0.3 is 15.3 Å². The Morgan fingerprint density at radius 1 is 1.44 bits per heavy atom. The predicted octanol–water partition coefficient (Wildman–Crippen LogP) is 2.20. The van der Waals surface area contributed by atoms with Crippen LogP contribution in [-0.2, 0) is 0 Å². The van der Waals surface area contributed by atoms with Gasteiger partial charge in [-0.05, 0) is 44.5 Å². The maximum atomic E-state index is 9.97. The first-order valence-corrected chi connectivity index (χ1v) is 6.69. The average molecular weight is 269 g/mol. The molecule has 1 heterocycles. The highest BCUT2D eigenvalue weighted by atomic mass is 35.5. The Morgan fingerprint density at radius 2 is 2.17 bits per heavy atom. The molecule has 18 heavy (non-hydrogen) atoms. The second-order valence-electron chi connectivity index (χ2n) is 5.73. The van der Waals surface area contributed by atoms with Crippen LogP contribution < -0.4 is 10.2 Å². The van der Waals surface area contributed by atoms with E-state index in [-0.39, 0.29) is 11.6 Å². The highest BCUT2D eigenvalue weighted by Crippen LogP contribution is 2.26. The van der Waals surface area contributed by atoms with Gasteiger partial charge in [0, 0.05) is 35.9 Å². The van der Waals surface area contributed by atoms with Crippen molar-refractivity contribution in [2.24, 2.45) is 0 Å². The summed E-state index contributed by atoms with van der Waals surface area (Å²) < 4.78 is 0. The van der Waals surface area contributed by atoms with Crippen LogP contribution in [0.5, 0.6) is 0 Å². The van der Waals surface area contributed by atoms with Gasteiger partial charge in [-0.2, -0.15) is 0 Å². The van der Waals surface area contributed by atoms with Gasteiger partial charge in [0.05, 0.1) is 6.10 Å². The lowest BCUT2D eigenvalue weighted by Crippen LogP contribution is -2.46. The number of hydrogen-bond acceptors (Lipinski definition) is 3. The van der Waals surface area contributed by atoms with Crippen LogP contribution in [0.3, 0.4) is 0 Å². The van der Waals surface area contributed by atoms with Crippen molar-refractivity contribution in [2.75, 3.05) is 24.5 Å². The van der Waals surface area contributed by atoms with Crippen LogP contribution in [-0.4, -0.2) is 36.4 Å². The minimum atomic E-state index is -0.346. The fourth-order valence-corrected chi connectivity index (χ4v) is 2.69. The largest absolute Gasteiger partial charge is 0.390 e. The number of nitrogens with zero attached hydrogens (tertiary/aromatic N) is 1. The molecule has 3 nitrogen and oxygen atoms in total. The van der Waals surface area contributed by atoms with Crippen molar-refractivity contribution in [2.45, 2.75) is 32.4 Å². The molecular formula is C14H21ClN2O. The molecule has 0 radical (unpaired) electrons. The van der Waals surface area contributed by atoms with E-state index in [2.05, 4.69) is 31.0 Å². The summed E-state index contributed by atoms with van der Waals surface area (Å²) in [5.74, 6) is 0. The van der Waals surface area contributed by atoms with Crippen molar-refractivity contribution in [1.82, 2.24) is 5.32 Å². The van der Waals surface area contributed by atoms with Gasteiger partial charge in [0.25, 0.3) is 0 Å². The standard InChI is InChI=1S/C14H21ClN2O/c1-10-6-11(15)4-5-13(10)17-8-12(18)7-16-14(2,3)9-17/h4-6,12,16,18H,7-9H2,1-3H3. The molecule has 1 unspecified atom stereocenters. The van der Waals surface area contributed by atoms with E-state index in [9.17, 15) is 5.11 Å². The van der Waals surface area contributed by atoms with E-state index in [0.29, 0.717) is 13.1 Å². The molecule has 1 fully saturated rings. The lowest BCUT2D eigenvalue weighted by Gasteiger charge is -2.32. The minimum absolute atomic E-state index is 0.0104. The molecular weight excluding hydrogens is 248 g/mol. The van der Waals surface area contributed by atoms with Crippen LogP contribution in [0.1, 0.15) is 19.4 Å². The fraction of sp³-hybridized carbons (Fsp3) is 0.571. The Morgan fingerprint density at radius 3 is 2.83 bits per heavy atom. The molecule has 1 aromatic carbocycles. The number of aliphatic hydroxyl groups is 1. The lowest BCUT2D eigenvalue weighted by molar-refractivity contribution is 0.179. The molecule has 2 N–H and O–H groups in total. The summed E-state index contributed by atoms with van der Waals surface area (Å²) in [5, 5.41) is 14.1. The Kier molecular flexibility index (Phi) is 3.85. The summed E-state index contributed by atoms with van der Waals surface area (Å²) >= 11 is 5.99. The predicted molar refractivity (Wildman–Crippen MR) is 76.5 cm³/mol. The molecule has 0 amide bonds. The Hall–Kier alpha value is -0.770. The fourth-order valence-electron chi connectivity index (χ4n) is 2.47. The average Bonchev–Trinajstić information content (AvgIpc) is 2.37. The Balaban J connectivity index is 2.29. The number of nitrogens with one attached hydrogen (secondary N) is 1. The monoisotopic (exact) mass is 268 g/mol. The third kappa shape index (κ3) is 3.16. The summed E-state index contributed by atoms with van der Waals surface area (Å²) in [4.78, 5) is 2.23. The zero-order chi connectivity index (χ0) is 13.3. The van der Waals surface area contributed by atoms with Crippen molar-refractivity contribution in [3.05, 3.63) is 28.8 Å². The van der Waals surface area contributed by atoms with E-state index < -0.39 is 0 Å². The van der Waals surface area contributed by atoms with Gasteiger partial charge in [-0.3, -0.25) is 0 Å². The van der Waals surface area contributed by atoms with Gasteiger partial charge in [0.1, 0.15) is 0 Å². The number of β-amino-alcohol motifs (C(OH)–C–C–N with tert-alkyl or cyclic N) is 1. The van der Waals surface area contributed by atoms with Crippen LogP contribution in [0.25, 0.3) is 0 Å². The second kappa shape index (κ2) is 5.08. The first-order chi connectivity index (χ1) is 8.37.